The Hall–Kier alpha value is -1.05. The summed E-state index contributed by atoms with van der Waals surface area (Å²) in [5, 5.41) is 19.4. The van der Waals surface area contributed by atoms with Crippen LogP contribution in [0.3, 0.4) is 0 Å². The Labute approximate surface area is 97.8 Å². The first-order valence-corrected chi connectivity index (χ1v) is 5.58. The highest BCUT2D eigenvalue weighted by atomic mass is 19.3. The molecular formula is C10H16F2N4O. The van der Waals surface area contributed by atoms with Crippen LogP contribution >= 0.6 is 0 Å². The minimum Gasteiger partial charge on any atom is -0.391 e. The van der Waals surface area contributed by atoms with Crippen molar-refractivity contribution in [3.8, 4) is 0 Å². The number of aliphatic hydroxyl groups is 1. The molecule has 2 unspecified atom stereocenters. The molecule has 1 saturated heterocycles. The fourth-order valence-corrected chi connectivity index (χ4v) is 1.89. The van der Waals surface area contributed by atoms with Crippen molar-refractivity contribution in [2.24, 2.45) is 5.92 Å². The summed E-state index contributed by atoms with van der Waals surface area (Å²) in [6, 6.07) is 1.56. The summed E-state index contributed by atoms with van der Waals surface area (Å²) in [6.07, 6.45) is 0.925. The van der Waals surface area contributed by atoms with Gasteiger partial charge >= 0.3 is 6.55 Å². The quantitative estimate of drug-likeness (QED) is 0.681. The molecule has 17 heavy (non-hydrogen) atoms. The van der Waals surface area contributed by atoms with Gasteiger partial charge in [-0.25, -0.2) is 4.68 Å². The van der Waals surface area contributed by atoms with E-state index in [1.165, 1.54) is 6.20 Å². The standard InChI is InChI=1S/C10H16F2N4O/c11-10(12)16-2-1-8(15-16)5-13-3-7-4-14-6-9(7)17/h1-2,7,9-10,13-14,17H,3-6H2. The molecule has 1 fully saturated rings. The van der Waals surface area contributed by atoms with Gasteiger partial charge in [-0.1, -0.05) is 0 Å². The molecule has 3 N–H and O–H groups in total. The highest BCUT2D eigenvalue weighted by molar-refractivity contribution is 4.98. The van der Waals surface area contributed by atoms with Crippen molar-refractivity contribution in [2.75, 3.05) is 19.6 Å². The molecule has 0 aliphatic carbocycles. The van der Waals surface area contributed by atoms with Crippen molar-refractivity contribution in [1.29, 1.82) is 0 Å². The van der Waals surface area contributed by atoms with Gasteiger partial charge in [0, 0.05) is 38.3 Å². The van der Waals surface area contributed by atoms with Crippen LogP contribution in [0, 0.1) is 5.92 Å². The van der Waals surface area contributed by atoms with Gasteiger partial charge in [-0.05, 0) is 6.07 Å². The number of aromatic nitrogens is 2. The van der Waals surface area contributed by atoms with E-state index in [2.05, 4.69) is 15.7 Å². The highest BCUT2D eigenvalue weighted by Gasteiger charge is 2.24. The van der Waals surface area contributed by atoms with E-state index < -0.39 is 6.55 Å². The fraction of sp³-hybridized carbons (Fsp3) is 0.700. The fourth-order valence-electron chi connectivity index (χ4n) is 1.89. The molecule has 2 atom stereocenters. The van der Waals surface area contributed by atoms with Crippen LogP contribution in [0.4, 0.5) is 8.78 Å². The summed E-state index contributed by atoms with van der Waals surface area (Å²) in [5.74, 6) is 0.173. The zero-order chi connectivity index (χ0) is 12.3. The third-order valence-corrected chi connectivity index (χ3v) is 2.88. The topological polar surface area (TPSA) is 62.1 Å². The molecule has 1 aliphatic rings. The van der Waals surface area contributed by atoms with Gasteiger partial charge < -0.3 is 15.7 Å². The van der Waals surface area contributed by atoms with Crippen molar-refractivity contribution < 1.29 is 13.9 Å². The molecule has 1 aromatic heterocycles. The average molecular weight is 246 g/mol. The molecule has 0 saturated carbocycles. The van der Waals surface area contributed by atoms with Crippen LogP contribution < -0.4 is 10.6 Å². The van der Waals surface area contributed by atoms with E-state index in [-0.39, 0.29) is 12.0 Å². The van der Waals surface area contributed by atoms with Crippen molar-refractivity contribution in [3.05, 3.63) is 18.0 Å². The Balaban J connectivity index is 1.74. The molecule has 0 bridgehead atoms. The van der Waals surface area contributed by atoms with Gasteiger partial charge in [0.2, 0.25) is 0 Å². The van der Waals surface area contributed by atoms with Crippen molar-refractivity contribution in [3.63, 3.8) is 0 Å². The largest absolute Gasteiger partial charge is 0.391 e. The maximum Gasteiger partial charge on any atom is 0.333 e. The number of hydrogen-bond acceptors (Lipinski definition) is 4. The molecule has 0 spiro atoms. The van der Waals surface area contributed by atoms with Crippen molar-refractivity contribution in [2.45, 2.75) is 19.2 Å². The summed E-state index contributed by atoms with van der Waals surface area (Å²) >= 11 is 0. The second-order valence-electron chi connectivity index (χ2n) is 4.18. The van der Waals surface area contributed by atoms with Gasteiger partial charge in [-0.2, -0.15) is 13.9 Å². The predicted octanol–water partition coefficient (Wildman–Crippen LogP) is -0.0519. The first-order chi connectivity index (χ1) is 8.16. The normalized spacial score (nSPS) is 24.7. The number of nitrogens with one attached hydrogen (secondary N) is 2. The van der Waals surface area contributed by atoms with E-state index in [9.17, 15) is 13.9 Å². The molecule has 1 aliphatic heterocycles. The van der Waals surface area contributed by atoms with E-state index in [0.29, 0.717) is 30.0 Å². The van der Waals surface area contributed by atoms with Crippen LogP contribution in [0.2, 0.25) is 0 Å². The Morgan fingerprint density at radius 1 is 1.59 bits per heavy atom. The van der Waals surface area contributed by atoms with Gasteiger partial charge in [0.05, 0.1) is 11.8 Å². The summed E-state index contributed by atoms with van der Waals surface area (Å²) < 4.78 is 25.1. The van der Waals surface area contributed by atoms with E-state index in [1.54, 1.807) is 6.07 Å². The molecular weight excluding hydrogens is 230 g/mol. The lowest BCUT2D eigenvalue weighted by Gasteiger charge is -2.13. The molecule has 7 heteroatoms. The lowest BCUT2D eigenvalue weighted by molar-refractivity contribution is 0.0561. The smallest absolute Gasteiger partial charge is 0.333 e. The third-order valence-electron chi connectivity index (χ3n) is 2.88. The molecule has 1 aromatic rings. The van der Waals surface area contributed by atoms with Gasteiger partial charge in [0.1, 0.15) is 0 Å². The minimum atomic E-state index is -2.59. The maximum atomic E-state index is 12.2. The predicted molar refractivity (Wildman–Crippen MR) is 57.6 cm³/mol. The van der Waals surface area contributed by atoms with Crippen molar-refractivity contribution >= 4 is 0 Å². The Morgan fingerprint density at radius 2 is 2.41 bits per heavy atom. The first-order valence-electron chi connectivity index (χ1n) is 5.58. The molecule has 5 nitrogen and oxygen atoms in total. The maximum absolute atomic E-state index is 12.2. The SMILES string of the molecule is OC1CNCC1CNCc1ccn(C(F)F)n1. The molecule has 2 rings (SSSR count). The number of halogens is 2. The Bertz CT molecular complexity index is 358. The van der Waals surface area contributed by atoms with Gasteiger partial charge in [-0.3, -0.25) is 0 Å². The second-order valence-corrected chi connectivity index (χ2v) is 4.18. The lowest BCUT2D eigenvalue weighted by atomic mass is 10.1. The van der Waals surface area contributed by atoms with Crippen LogP contribution in [0.1, 0.15) is 12.2 Å². The molecule has 96 valence electrons. The van der Waals surface area contributed by atoms with E-state index in [4.69, 9.17) is 0 Å². The van der Waals surface area contributed by atoms with E-state index >= 15 is 0 Å². The van der Waals surface area contributed by atoms with Gasteiger partial charge in [0.25, 0.3) is 0 Å². The highest BCUT2D eigenvalue weighted by Crippen LogP contribution is 2.09. The van der Waals surface area contributed by atoms with Gasteiger partial charge in [0.15, 0.2) is 0 Å². The molecule has 0 amide bonds. The second kappa shape index (κ2) is 5.52. The summed E-state index contributed by atoms with van der Waals surface area (Å²) in [5.41, 5.74) is 0.575. The summed E-state index contributed by atoms with van der Waals surface area (Å²) in [7, 11) is 0. The van der Waals surface area contributed by atoms with Crippen molar-refractivity contribution in [1.82, 2.24) is 20.4 Å². The number of nitrogens with zero attached hydrogens (tertiary/aromatic N) is 2. The van der Waals surface area contributed by atoms with Crippen LogP contribution in [0.5, 0.6) is 0 Å². The van der Waals surface area contributed by atoms with Crippen LogP contribution in [-0.4, -0.2) is 40.6 Å². The summed E-state index contributed by atoms with van der Waals surface area (Å²) in [6.45, 7) is -0.116. The average Bonchev–Trinajstić information content (AvgIpc) is 2.89. The molecule has 0 aromatic carbocycles. The van der Waals surface area contributed by atoms with Crippen LogP contribution in [0.15, 0.2) is 12.3 Å². The Kier molecular flexibility index (Phi) is 4.03. The molecule has 2 heterocycles. The lowest BCUT2D eigenvalue weighted by Crippen LogP contribution is -2.30. The molecule has 0 radical (unpaired) electrons. The van der Waals surface area contributed by atoms with E-state index in [0.717, 1.165) is 6.54 Å². The monoisotopic (exact) mass is 246 g/mol. The number of alkyl halides is 2. The zero-order valence-electron chi connectivity index (χ0n) is 9.31. The van der Waals surface area contributed by atoms with Crippen LogP contribution in [0.25, 0.3) is 0 Å². The van der Waals surface area contributed by atoms with Crippen LogP contribution in [-0.2, 0) is 6.54 Å². The number of hydrogen-bond donors (Lipinski definition) is 3. The number of rotatable bonds is 5. The van der Waals surface area contributed by atoms with E-state index in [1.807, 2.05) is 0 Å². The first kappa shape index (κ1) is 12.4. The number of aliphatic hydroxyl groups excluding tert-OH is 1. The Morgan fingerprint density at radius 3 is 3.00 bits per heavy atom. The number of β-amino-alcohol motifs (C(OH)–C–C–N with tert-alkyl or cyclic N) is 1. The van der Waals surface area contributed by atoms with Gasteiger partial charge in [-0.15, -0.1) is 0 Å². The zero-order valence-corrected chi connectivity index (χ0v) is 9.31. The third kappa shape index (κ3) is 3.21. The minimum absolute atomic E-state index is 0.173. The summed E-state index contributed by atoms with van der Waals surface area (Å²) in [4.78, 5) is 0.